The van der Waals surface area contributed by atoms with E-state index in [1.54, 1.807) is 24.3 Å². The molecule has 7 heteroatoms. The molecule has 0 aromatic heterocycles. The number of amides is 3. The molecule has 3 amide bonds. The summed E-state index contributed by atoms with van der Waals surface area (Å²) >= 11 is 0. The van der Waals surface area contributed by atoms with Gasteiger partial charge in [-0.05, 0) is 23.8 Å². The van der Waals surface area contributed by atoms with Crippen molar-refractivity contribution >= 4 is 17.6 Å². The van der Waals surface area contributed by atoms with E-state index < -0.39 is 6.03 Å². The van der Waals surface area contributed by atoms with Gasteiger partial charge >= 0.3 is 6.03 Å². The van der Waals surface area contributed by atoms with Crippen molar-refractivity contribution in [2.45, 2.75) is 6.04 Å². The summed E-state index contributed by atoms with van der Waals surface area (Å²) in [4.78, 5) is 26.1. The fraction of sp³-hybridized carbons (Fsp3) is 0.300. The SMILES string of the molecule is NC(=O)Nc1cccc(C(=O)N[C@H](CN2CCOCC2)c2ccccc2)c1. The number of morpholine rings is 1. The van der Waals surface area contributed by atoms with Crippen molar-refractivity contribution in [1.82, 2.24) is 10.2 Å². The molecular formula is C20H24N4O3. The first-order valence-corrected chi connectivity index (χ1v) is 8.94. The highest BCUT2D eigenvalue weighted by Gasteiger charge is 2.20. The maximum Gasteiger partial charge on any atom is 0.316 e. The maximum absolute atomic E-state index is 12.8. The van der Waals surface area contributed by atoms with Gasteiger partial charge in [0.2, 0.25) is 0 Å². The van der Waals surface area contributed by atoms with E-state index in [2.05, 4.69) is 15.5 Å². The third-order valence-electron chi connectivity index (χ3n) is 4.44. The molecule has 1 atom stereocenters. The molecule has 1 aliphatic rings. The summed E-state index contributed by atoms with van der Waals surface area (Å²) in [5.41, 5.74) is 7.14. The number of rotatable bonds is 6. The molecule has 0 saturated carbocycles. The van der Waals surface area contributed by atoms with Gasteiger partial charge in [-0.15, -0.1) is 0 Å². The van der Waals surface area contributed by atoms with Crippen LogP contribution in [0.4, 0.5) is 10.5 Å². The van der Waals surface area contributed by atoms with Gasteiger partial charge in [-0.1, -0.05) is 36.4 Å². The number of nitrogens with two attached hydrogens (primary N) is 1. The van der Waals surface area contributed by atoms with Crippen molar-refractivity contribution in [2.75, 3.05) is 38.2 Å². The number of urea groups is 1. The molecule has 7 nitrogen and oxygen atoms in total. The lowest BCUT2D eigenvalue weighted by Crippen LogP contribution is -2.43. The second-order valence-corrected chi connectivity index (χ2v) is 6.42. The van der Waals surface area contributed by atoms with Crippen LogP contribution in [0.1, 0.15) is 22.0 Å². The Hall–Kier alpha value is -2.90. The number of hydrogen-bond acceptors (Lipinski definition) is 4. The molecule has 4 N–H and O–H groups in total. The molecule has 27 heavy (non-hydrogen) atoms. The Balaban J connectivity index is 1.74. The van der Waals surface area contributed by atoms with Gasteiger partial charge in [-0.3, -0.25) is 9.69 Å². The van der Waals surface area contributed by atoms with Gasteiger partial charge in [0.1, 0.15) is 0 Å². The van der Waals surface area contributed by atoms with E-state index in [1.807, 2.05) is 30.3 Å². The number of hydrogen-bond donors (Lipinski definition) is 3. The molecule has 2 aromatic carbocycles. The summed E-state index contributed by atoms with van der Waals surface area (Å²) < 4.78 is 5.41. The van der Waals surface area contributed by atoms with E-state index in [0.29, 0.717) is 31.0 Å². The second-order valence-electron chi connectivity index (χ2n) is 6.42. The van der Waals surface area contributed by atoms with Crippen molar-refractivity contribution in [1.29, 1.82) is 0 Å². The topological polar surface area (TPSA) is 96.7 Å². The number of anilines is 1. The predicted octanol–water partition coefficient (Wildman–Crippen LogP) is 1.98. The lowest BCUT2D eigenvalue weighted by molar-refractivity contribution is 0.0332. The third-order valence-corrected chi connectivity index (χ3v) is 4.44. The Labute approximate surface area is 158 Å². The number of ether oxygens (including phenoxy) is 1. The normalized spacial score (nSPS) is 15.7. The van der Waals surface area contributed by atoms with Crippen molar-refractivity contribution in [3.63, 3.8) is 0 Å². The molecule has 1 aliphatic heterocycles. The number of carbonyl (C=O) groups is 2. The van der Waals surface area contributed by atoms with E-state index in [-0.39, 0.29) is 11.9 Å². The lowest BCUT2D eigenvalue weighted by Gasteiger charge is -2.31. The first-order valence-electron chi connectivity index (χ1n) is 8.94. The summed E-state index contributed by atoms with van der Waals surface area (Å²) in [6.07, 6.45) is 0. The molecule has 0 aliphatic carbocycles. The molecule has 0 unspecified atom stereocenters. The van der Waals surface area contributed by atoms with E-state index in [4.69, 9.17) is 10.5 Å². The zero-order chi connectivity index (χ0) is 19.1. The highest BCUT2D eigenvalue weighted by molar-refractivity contribution is 5.96. The molecule has 3 rings (SSSR count). The van der Waals surface area contributed by atoms with Gasteiger partial charge in [-0.2, -0.15) is 0 Å². The van der Waals surface area contributed by atoms with Crippen LogP contribution in [0.15, 0.2) is 54.6 Å². The minimum absolute atomic E-state index is 0.149. The lowest BCUT2D eigenvalue weighted by atomic mass is 10.0. The molecule has 142 valence electrons. The van der Waals surface area contributed by atoms with E-state index in [9.17, 15) is 9.59 Å². The van der Waals surface area contributed by atoms with Crippen molar-refractivity contribution in [2.24, 2.45) is 5.73 Å². The van der Waals surface area contributed by atoms with E-state index in [1.165, 1.54) is 0 Å². The second kappa shape index (κ2) is 9.16. The summed E-state index contributed by atoms with van der Waals surface area (Å²) in [5.74, 6) is -0.203. The quantitative estimate of drug-likeness (QED) is 0.726. The largest absolute Gasteiger partial charge is 0.379 e. The van der Waals surface area contributed by atoms with Crippen LogP contribution < -0.4 is 16.4 Å². The summed E-state index contributed by atoms with van der Waals surface area (Å²) in [5, 5.41) is 5.60. The Morgan fingerprint density at radius 1 is 1.07 bits per heavy atom. The van der Waals surface area contributed by atoms with Crippen LogP contribution in [-0.4, -0.2) is 49.7 Å². The highest BCUT2D eigenvalue weighted by atomic mass is 16.5. The first-order chi connectivity index (χ1) is 13.1. The van der Waals surface area contributed by atoms with Gasteiger partial charge in [0, 0.05) is 30.9 Å². The van der Waals surface area contributed by atoms with Gasteiger partial charge in [0.15, 0.2) is 0 Å². The molecule has 0 spiro atoms. The standard InChI is InChI=1S/C20H24N4O3/c21-20(26)22-17-8-4-7-16(13-17)19(25)23-18(15-5-2-1-3-6-15)14-24-9-11-27-12-10-24/h1-8,13,18H,9-12,14H2,(H,23,25)(H3,21,22,26)/t18-/m1/s1. The molecule has 1 saturated heterocycles. The van der Waals surface area contributed by atoms with Crippen LogP contribution in [0.5, 0.6) is 0 Å². The number of nitrogens with zero attached hydrogens (tertiary/aromatic N) is 1. The third kappa shape index (κ3) is 5.54. The number of benzene rings is 2. The molecule has 1 fully saturated rings. The maximum atomic E-state index is 12.8. The zero-order valence-corrected chi connectivity index (χ0v) is 15.1. The first kappa shape index (κ1) is 18.9. The number of nitrogens with one attached hydrogen (secondary N) is 2. The Morgan fingerprint density at radius 2 is 1.81 bits per heavy atom. The molecule has 1 heterocycles. The predicted molar refractivity (Wildman–Crippen MR) is 104 cm³/mol. The van der Waals surface area contributed by atoms with Crippen molar-refractivity contribution in [3.05, 3.63) is 65.7 Å². The zero-order valence-electron chi connectivity index (χ0n) is 15.1. The van der Waals surface area contributed by atoms with Crippen LogP contribution in [0.2, 0.25) is 0 Å². The summed E-state index contributed by atoms with van der Waals surface area (Å²) in [7, 11) is 0. The van der Waals surface area contributed by atoms with E-state index in [0.717, 1.165) is 18.7 Å². The van der Waals surface area contributed by atoms with Crippen LogP contribution in [0.25, 0.3) is 0 Å². The van der Waals surface area contributed by atoms with Gasteiger partial charge in [0.05, 0.1) is 19.3 Å². The highest BCUT2D eigenvalue weighted by Crippen LogP contribution is 2.17. The molecule has 0 radical (unpaired) electrons. The average Bonchev–Trinajstić information content (AvgIpc) is 2.68. The monoisotopic (exact) mass is 368 g/mol. The van der Waals surface area contributed by atoms with Crippen LogP contribution >= 0.6 is 0 Å². The fourth-order valence-electron chi connectivity index (χ4n) is 3.08. The summed E-state index contributed by atoms with van der Waals surface area (Å²) in [6.45, 7) is 3.80. The minimum atomic E-state index is -0.665. The van der Waals surface area contributed by atoms with Crippen LogP contribution in [0.3, 0.4) is 0 Å². The van der Waals surface area contributed by atoms with Gasteiger partial charge in [0.25, 0.3) is 5.91 Å². The Bertz CT molecular complexity index is 776. The number of primary amides is 1. The van der Waals surface area contributed by atoms with Crippen LogP contribution in [0, 0.1) is 0 Å². The Kier molecular flexibility index (Phi) is 6.40. The smallest absolute Gasteiger partial charge is 0.316 e. The van der Waals surface area contributed by atoms with E-state index >= 15 is 0 Å². The number of carbonyl (C=O) groups excluding carboxylic acids is 2. The fourth-order valence-corrected chi connectivity index (χ4v) is 3.08. The van der Waals surface area contributed by atoms with Crippen molar-refractivity contribution in [3.8, 4) is 0 Å². The Morgan fingerprint density at radius 3 is 2.52 bits per heavy atom. The van der Waals surface area contributed by atoms with Gasteiger partial charge in [-0.25, -0.2) is 4.79 Å². The molecular weight excluding hydrogens is 344 g/mol. The van der Waals surface area contributed by atoms with Crippen LogP contribution in [-0.2, 0) is 4.74 Å². The summed E-state index contributed by atoms with van der Waals surface area (Å²) in [6, 6.07) is 15.8. The molecule has 0 bridgehead atoms. The van der Waals surface area contributed by atoms with Gasteiger partial charge < -0.3 is 21.1 Å². The van der Waals surface area contributed by atoms with Crippen molar-refractivity contribution < 1.29 is 14.3 Å². The molecule has 2 aromatic rings. The minimum Gasteiger partial charge on any atom is -0.379 e. The average molecular weight is 368 g/mol.